The Hall–Kier alpha value is -6.50. The van der Waals surface area contributed by atoms with Gasteiger partial charge < -0.3 is 26.6 Å². The summed E-state index contributed by atoms with van der Waals surface area (Å²) in [7, 11) is 1.36. The first-order valence-corrected chi connectivity index (χ1v) is 15.4. The number of nitrogens with one attached hydrogen (secondary N) is 5. The van der Waals surface area contributed by atoms with E-state index in [4.69, 9.17) is 41.5 Å². The molecule has 0 aliphatic heterocycles. The minimum atomic E-state index is -4.77. The molecule has 0 radical (unpaired) electrons. The van der Waals surface area contributed by atoms with E-state index in [1.165, 1.54) is 49.5 Å². The van der Waals surface area contributed by atoms with E-state index in [1.54, 1.807) is 0 Å². The molecular formula is C34H20F10N8OS2. The highest BCUT2D eigenvalue weighted by Crippen LogP contribution is 2.38. The van der Waals surface area contributed by atoms with Crippen molar-refractivity contribution in [3.05, 3.63) is 123 Å². The van der Waals surface area contributed by atoms with Crippen LogP contribution in [0.1, 0.15) is 38.2 Å². The van der Waals surface area contributed by atoms with Crippen molar-refractivity contribution in [3.63, 3.8) is 0 Å². The molecule has 0 bridgehead atoms. The summed E-state index contributed by atoms with van der Waals surface area (Å²) in [5.74, 6) is -1.39. The lowest BCUT2D eigenvalue weighted by Crippen LogP contribution is -2.21. The van der Waals surface area contributed by atoms with E-state index in [0.29, 0.717) is 12.1 Å². The maximum Gasteiger partial charge on any atom is 0.417 e. The third-order valence-corrected chi connectivity index (χ3v) is 7.19. The third kappa shape index (κ3) is 11.7. The number of nitrogens with zero attached hydrogens (tertiary/aromatic N) is 3. The zero-order chi connectivity index (χ0) is 41.3. The van der Waals surface area contributed by atoms with Gasteiger partial charge in [-0.15, -0.1) is 0 Å². The minimum absolute atomic E-state index is 0.00118. The highest BCUT2D eigenvalue weighted by Gasteiger charge is 2.35. The van der Waals surface area contributed by atoms with Gasteiger partial charge in [-0.2, -0.15) is 50.0 Å². The summed E-state index contributed by atoms with van der Waals surface area (Å²) in [6.07, 6.45) is -14.2. The molecule has 1 amide bonds. The van der Waals surface area contributed by atoms with Gasteiger partial charge in [-0.25, -0.2) is 9.24 Å². The van der Waals surface area contributed by atoms with Crippen LogP contribution in [0, 0.1) is 35.1 Å². The van der Waals surface area contributed by atoms with Gasteiger partial charge in [0.05, 0.1) is 52.1 Å². The van der Waals surface area contributed by atoms with Gasteiger partial charge in [-0.05, 0) is 91.2 Å². The molecule has 0 aromatic heterocycles. The van der Waals surface area contributed by atoms with Crippen molar-refractivity contribution in [2.45, 2.75) is 18.5 Å². The molecule has 0 unspecified atom stereocenters. The second-order valence-corrected chi connectivity index (χ2v) is 11.3. The Morgan fingerprint density at radius 2 is 1.00 bits per heavy atom. The summed E-state index contributed by atoms with van der Waals surface area (Å²) < 4.78 is 131. The summed E-state index contributed by atoms with van der Waals surface area (Å²) in [6.45, 7) is 6.78. The Balaban J connectivity index is 0.000000296. The maximum atomic E-state index is 13.9. The fourth-order valence-corrected chi connectivity index (χ4v) is 4.82. The van der Waals surface area contributed by atoms with Crippen molar-refractivity contribution >= 4 is 69.0 Å². The molecule has 0 aliphatic rings. The predicted molar refractivity (Wildman–Crippen MR) is 190 cm³/mol. The first-order chi connectivity index (χ1) is 25.6. The molecule has 0 saturated carbocycles. The number of thiocarbonyl (C=S) groups is 2. The monoisotopic (exact) mass is 810 g/mol. The summed E-state index contributed by atoms with van der Waals surface area (Å²) in [6, 6.07) is 15.2. The second-order valence-electron chi connectivity index (χ2n) is 10.5. The van der Waals surface area contributed by atoms with Crippen molar-refractivity contribution in [1.29, 1.82) is 10.5 Å². The number of alkyl halides is 9. The van der Waals surface area contributed by atoms with Crippen LogP contribution in [0.4, 0.5) is 72.3 Å². The molecule has 0 spiro atoms. The molecule has 55 heavy (non-hydrogen) atoms. The van der Waals surface area contributed by atoms with E-state index in [0.717, 1.165) is 30.3 Å². The maximum absolute atomic E-state index is 13.9. The standard InChI is InChI=1S/C17H8F6N4S.C17H12F4N4OS/c1-25-14-5-4-11(7-13(14)17(21,22)23)27-15(28)26-10-3-2-9(8-24)12(6-10)16(18,19)20;1-23-15(26)12-5-4-11(7-14(12)18)25-16(27)24-10-3-2-9(8-22)13(6-10)17(19,20)21/h2-7H,(H2,26,27,28);2-7H,1H3,(H,23,26)(H2,24,25,27). The molecule has 21 heteroatoms. The molecule has 4 aromatic carbocycles. The first-order valence-electron chi connectivity index (χ1n) is 14.6. The molecule has 0 heterocycles. The number of carbonyl (C=O) groups is 1. The molecule has 0 atom stereocenters. The largest absolute Gasteiger partial charge is 0.417 e. The summed E-state index contributed by atoms with van der Waals surface area (Å²) in [5.41, 5.74) is -5.33. The van der Waals surface area contributed by atoms with Crippen LogP contribution in [0.25, 0.3) is 4.85 Å². The van der Waals surface area contributed by atoms with Gasteiger partial charge in [0.1, 0.15) is 5.82 Å². The highest BCUT2D eigenvalue weighted by molar-refractivity contribution is 7.81. The van der Waals surface area contributed by atoms with E-state index >= 15 is 0 Å². The molecule has 9 nitrogen and oxygen atoms in total. The van der Waals surface area contributed by atoms with Gasteiger partial charge >= 0.3 is 18.5 Å². The van der Waals surface area contributed by atoms with Crippen LogP contribution in [0.3, 0.4) is 0 Å². The minimum Gasteiger partial charge on any atom is -0.355 e. The molecule has 0 aliphatic carbocycles. The van der Waals surface area contributed by atoms with Crippen molar-refractivity contribution in [2.24, 2.45) is 0 Å². The molecule has 4 aromatic rings. The average molecular weight is 811 g/mol. The van der Waals surface area contributed by atoms with E-state index < -0.39 is 63.8 Å². The van der Waals surface area contributed by atoms with E-state index in [9.17, 15) is 48.7 Å². The lowest BCUT2D eigenvalue weighted by molar-refractivity contribution is -0.138. The summed E-state index contributed by atoms with van der Waals surface area (Å²) >= 11 is 9.90. The fourth-order valence-electron chi connectivity index (χ4n) is 4.34. The molecule has 284 valence electrons. The second kappa shape index (κ2) is 17.5. The van der Waals surface area contributed by atoms with E-state index in [2.05, 4.69) is 31.4 Å². The Morgan fingerprint density at radius 3 is 1.35 bits per heavy atom. The molecule has 0 saturated heterocycles. The topological polar surface area (TPSA) is 129 Å². The number of benzene rings is 4. The van der Waals surface area contributed by atoms with Gasteiger partial charge in [-0.1, -0.05) is 6.07 Å². The quantitative estimate of drug-likeness (QED) is 0.0760. The number of hydrogen-bond acceptors (Lipinski definition) is 5. The molecular weight excluding hydrogens is 791 g/mol. The number of halogens is 10. The van der Waals surface area contributed by atoms with Gasteiger partial charge in [0.15, 0.2) is 15.9 Å². The van der Waals surface area contributed by atoms with Crippen LogP contribution in [-0.4, -0.2) is 23.2 Å². The van der Waals surface area contributed by atoms with E-state index in [-0.39, 0.29) is 38.5 Å². The first kappa shape index (κ1) is 42.9. The molecule has 4 rings (SSSR count). The zero-order valence-corrected chi connectivity index (χ0v) is 28.9. The van der Waals surface area contributed by atoms with Crippen LogP contribution < -0.4 is 26.6 Å². The summed E-state index contributed by atoms with van der Waals surface area (Å²) in [4.78, 5) is 14.2. The number of hydrogen-bond donors (Lipinski definition) is 5. The van der Waals surface area contributed by atoms with Crippen molar-refractivity contribution in [3.8, 4) is 12.1 Å². The van der Waals surface area contributed by atoms with Gasteiger partial charge in [0.25, 0.3) is 5.91 Å². The van der Waals surface area contributed by atoms with Crippen molar-refractivity contribution < 1.29 is 48.7 Å². The zero-order valence-electron chi connectivity index (χ0n) is 27.3. The number of rotatable bonds is 5. The smallest absolute Gasteiger partial charge is 0.355 e. The van der Waals surface area contributed by atoms with Crippen LogP contribution >= 0.6 is 24.4 Å². The number of amides is 1. The number of anilines is 4. The Morgan fingerprint density at radius 1 is 0.636 bits per heavy atom. The van der Waals surface area contributed by atoms with Crippen molar-refractivity contribution in [2.75, 3.05) is 28.3 Å². The third-order valence-electron chi connectivity index (χ3n) is 6.79. The lowest BCUT2D eigenvalue weighted by Gasteiger charge is -2.15. The predicted octanol–water partition coefficient (Wildman–Crippen LogP) is 9.84. The van der Waals surface area contributed by atoms with Crippen molar-refractivity contribution in [1.82, 2.24) is 5.32 Å². The molecule has 5 N–H and O–H groups in total. The normalized spacial score (nSPS) is 11.0. The Labute approximate surface area is 315 Å². The SMILES string of the molecule is CNC(=O)c1ccc(NC(=S)Nc2ccc(C#N)c(C(F)(F)F)c2)cc1F.[C-]#[N+]c1ccc(NC(=S)Nc2ccc(C#N)c(C(F)(F)F)c2)cc1C(F)(F)F. The van der Waals surface area contributed by atoms with Gasteiger partial charge in [0, 0.05) is 29.8 Å². The summed E-state index contributed by atoms with van der Waals surface area (Å²) in [5, 5.41) is 29.4. The Kier molecular flexibility index (Phi) is 13.7. The highest BCUT2D eigenvalue weighted by atomic mass is 32.1. The van der Waals surface area contributed by atoms with Crippen LogP contribution in [0.2, 0.25) is 0 Å². The van der Waals surface area contributed by atoms with Crippen LogP contribution in [-0.2, 0) is 18.5 Å². The van der Waals surface area contributed by atoms with Crippen LogP contribution in [0.15, 0.2) is 72.8 Å². The number of carbonyl (C=O) groups excluding carboxylic acids is 1. The van der Waals surface area contributed by atoms with E-state index in [1.807, 2.05) is 0 Å². The molecule has 0 fully saturated rings. The lowest BCUT2D eigenvalue weighted by atomic mass is 10.1. The van der Waals surface area contributed by atoms with Gasteiger partial charge in [-0.3, -0.25) is 4.79 Å². The fraction of sp³-hybridized carbons (Fsp3) is 0.118. The average Bonchev–Trinajstić information content (AvgIpc) is 3.10. The van der Waals surface area contributed by atoms with Gasteiger partial charge in [0.2, 0.25) is 0 Å². The number of nitriles is 2. The Bertz CT molecular complexity index is 2170. The van der Waals surface area contributed by atoms with Crippen LogP contribution in [0.5, 0.6) is 0 Å².